The highest BCUT2D eigenvalue weighted by Crippen LogP contribution is 2.00. The van der Waals surface area contributed by atoms with Crippen LogP contribution in [0, 0.1) is 0 Å². The molecule has 0 atom stereocenters. The standard InChI is InChI=1S/C9H13NO2/c1-8(10(3)7-11)5-6-9(2)12-4/h5-7H,1-2H2,3-4H3/b6-5-. The summed E-state index contributed by atoms with van der Waals surface area (Å²) < 4.78 is 4.78. The van der Waals surface area contributed by atoms with E-state index in [-0.39, 0.29) is 0 Å². The molecule has 0 fully saturated rings. The third-order valence-corrected chi connectivity index (χ3v) is 1.33. The Balaban J connectivity index is 4.08. The van der Waals surface area contributed by atoms with Crippen molar-refractivity contribution in [3.05, 3.63) is 36.8 Å². The maximum atomic E-state index is 10.2. The molecular formula is C9H13NO2. The van der Waals surface area contributed by atoms with E-state index in [2.05, 4.69) is 13.2 Å². The first-order chi connectivity index (χ1) is 5.61. The number of hydrogen-bond acceptors (Lipinski definition) is 2. The second-order valence-corrected chi connectivity index (χ2v) is 2.21. The van der Waals surface area contributed by atoms with E-state index in [1.807, 2.05) is 0 Å². The summed E-state index contributed by atoms with van der Waals surface area (Å²) in [6.45, 7) is 7.22. The number of hydrogen-bond donors (Lipinski definition) is 0. The van der Waals surface area contributed by atoms with Crippen molar-refractivity contribution in [2.45, 2.75) is 0 Å². The summed E-state index contributed by atoms with van der Waals surface area (Å²) in [6, 6.07) is 0. The Bertz CT molecular complexity index is 219. The monoisotopic (exact) mass is 167 g/mol. The van der Waals surface area contributed by atoms with Crippen LogP contribution in [0.25, 0.3) is 0 Å². The van der Waals surface area contributed by atoms with Gasteiger partial charge in [0.1, 0.15) is 5.76 Å². The number of carbonyl (C=O) groups excluding carboxylic acids is 1. The molecule has 3 heteroatoms. The maximum Gasteiger partial charge on any atom is 0.213 e. The average Bonchev–Trinajstić information content (AvgIpc) is 2.11. The van der Waals surface area contributed by atoms with Crippen molar-refractivity contribution in [1.29, 1.82) is 0 Å². The fourth-order valence-electron chi connectivity index (χ4n) is 0.442. The molecule has 0 N–H and O–H groups in total. The van der Waals surface area contributed by atoms with Gasteiger partial charge in [0.15, 0.2) is 0 Å². The Morgan fingerprint density at radius 2 is 2.00 bits per heavy atom. The van der Waals surface area contributed by atoms with E-state index >= 15 is 0 Å². The first kappa shape index (κ1) is 10.5. The molecule has 0 unspecified atom stereocenters. The molecular weight excluding hydrogens is 154 g/mol. The van der Waals surface area contributed by atoms with Crippen molar-refractivity contribution < 1.29 is 9.53 Å². The van der Waals surface area contributed by atoms with Crippen LogP contribution in [-0.2, 0) is 9.53 Å². The molecule has 0 aromatic carbocycles. The highest BCUT2D eigenvalue weighted by molar-refractivity contribution is 5.51. The van der Waals surface area contributed by atoms with Gasteiger partial charge in [-0.25, -0.2) is 0 Å². The lowest BCUT2D eigenvalue weighted by atomic mass is 10.3. The summed E-state index contributed by atoms with van der Waals surface area (Å²) in [6.07, 6.45) is 3.98. The molecule has 12 heavy (non-hydrogen) atoms. The van der Waals surface area contributed by atoms with Crippen molar-refractivity contribution in [3.63, 3.8) is 0 Å². The van der Waals surface area contributed by atoms with Gasteiger partial charge in [-0.15, -0.1) is 0 Å². The number of allylic oxidation sites excluding steroid dienone is 2. The van der Waals surface area contributed by atoms with Gasteiger partial charge in [-0.1, -0.05) is 13.2 Å². The second-order valence-electron chi connectivity index (χ2n) is 2.21. The van der Waals surface area contributed by atoms with Crippen LogP contribution in [0.15, 0.2) is 36.8 Å². The van der Waals surface area contributed by atoms with E-state index in [1.165, 1.54) is 12.0 Å². The molecule has 0 saturated carbocycles. The van der Waals surface area contributed by atoms with Gasteiger partial charge in [0.25, 0.3) is 0 Å². The second kappa shape index (κ2) is 5.18. The molecule has 0 aromatic rings. The number of rotatable bonds is 5. The molecule has 0 radical (unpaired) electrons. The largest absolute Gasteiger partial charge is 0.497 e. The van der Waals surface area contributed by atoms with Gasteiger partial charge in [-0.3, -0.25) is 4.79 Å². The maximum absolute atomic E-state index is 10.2. The SMILES string of the molecule is C=C(/C=C\C(=C)N(C)C=O)OC. The molecule has 66 valence electrons. The van der Waals surface area contributed by atoms with Crippen LogP contribution >= 0.6 is 0 Å². The molecule has 0 aromatic heterocycles. The Hall–Kier alpha value is -1.51. The average molecular weight is 167 g/mol. The zero-order valence-corrected chi connectivity index (χ0v) is 7.41. The summed E-state index contributed by atoms with van der Waals surface area (Å²) in [5, 5.41) is 0. The van der Waals surface area contributed by atoms with E-state index in [0.29, 0.717) is 17.9 Å². The number of amides is 1. The van der Waals surface area contributed by atoms with Crippen molar-refractivity contribution in [3.8, 4) is 0 Å². The summed E-state index contributed by atoms with van der Waals surface area (Å²) in [4.78, 5) is 11.6. The molecule has 0 aliphatic heterocycles. The van der Waals surface area contributed by atoms with Gasteiger partial charge in [-0.2, -0.15) is 0 Å². The quantitative estimate of drug-likeness (QED) is 0.351. The Kier molecular flexibility index (Phi) is 4.53. The van der Waals surface area contributed by atoms with Crippen molar-refractivity contribution in [1.82, 2.24) is 4.90 Å². The van der Waals surface area contributed by atoms with E-state index in [9.17, 15) is 4.79 Å². The van der Waals surface area contributed by atoms with E-state index < -0.39 is 0 Å². The van der Waals surface area contributed by atoms with Gasteiger partial charge in [0, 0.05) is 12.7 Å². The lowest BCUT2D eigenvalue weighted by Crippen LogP contribution is -2.12. The van der Waals surface area contributed by atoms with Crippen molar-refractivity contribution in [2.24, 2.45) is 0 Å². The highest BCUT2D eigenvalue weighted by Gasteiger charge is 1.93. The number of likely N-dealkylation sites (N-methyl/N-ethyl adjacent to an activating group) is 1. The summed E-state index contributed by atoms with van der Waals surface area (Å²) in [7, 11) is 3.15. The third-order valence-electron chi connectivity index (χ3n) is 1.33. The number of nitrogens with zero attached hydrogens (tertiary/aromatic N) is 1. The first-order valence-corrected chi connectivity index (χ1v) is 3.39. The number of carbonyl (C=O) groups is 1. The van der Waals surface area contributed by atoms with Gasteiger partial charge < -0.3 is 9.64 Å². The Labute approximate surface area is 72.6 Å². The van der Waals surface area contributed by atoms with E-state index in [1.54, 1.807) is 19.2 Å². The Morgan fingerprint density at radius 1 is 1.42 bits per heavy atom. The van der Waals surface area contributed by atoms with Gasteiger partial charge in [-0.05, 0) is 12.2 Å². The molecule has 0 aliphatic carbocycles. The molecule has 0 rings (SSSR count). The van der Waals surface area contributed by atoms with Gasteiger partial charge in [0.2, 0.25) is 6.41 Å². The molecule has 3 nitrogen and oxygen atoms in total. The molecule has 0 heterocycles. The van der Waals surface area contributed by atoms with Crippen LogP contribution in [-0.4, -0.2) is 25.5 Å². The summed E-state index contributed by atoms with van der Waals surface area (Å²) in [5.41, 5.74) is 0.586. The van der Waals surface area contributed by atoms with E-state index in [0.717, 1.165) is 0 Å². The van der Waals surface area contributed by atoms with Crippen LogP contribution in [0.1, 0.15) is 0 Å². The molecule has 0 aliphatic rings. The summed E-state index contributed by atoms with van der Waals surface area (Å²) in [5.74, 6) is 0.524. The highest BCUT2D eigenvalue weighted by atomic mass is 16.5. The normalized spacial score (nSPS) is 9.50. The zero-order chi connectivity index (χ0) is 9.56. The van der Waals surface area contributed by atoms with Gasteiger partial charge in [0.05, 0.1) is 7.11 Å². The predicted octanol–water partition coefficient (Wildman–Crippen LogP) is 1.30. The van der Waals surface area contributed by atoms with Crippen LogP contribution in [0.5, 0.6) is 0 Å². The first-order valence-electron chi connectivity index (χ1n) is 3.39. The molecule has 1 amide bonds. The van der Waals surface area contributed by atoms with Crippen molar-refractivity contribution >= 4 is 6.41 Å². The van der Waals surface area contributed by atoms with Gasteiger partial charge >= 0.3 is 0 Å². The minimum absolute atomic E-state index is 0.524. The predicted molar refractivity (Wildman–Crippen MR) is 48.3 cm³/mol. The lowest BCUT2D eigenvalue weighted by Gasteiger charge is -2.09. The smallest absolute Gasteiger partial charge is 0.213 e. The Morgan fingerprint density at radius 3 is 2.42 bits per heavy atom. The van der Waals surface area contributed by atoms with Crippen LogP contribution < -0.4 is 0 Å². The third kappa shape index (κ3) is 3.61. The molecule has 0 saturated heterocycles. The minimum Gasteiger partial charge on any atom is -0.497 e. The molecule has 0 spiro atoms. The van der Waals surface area contributed by atoms with Crippen molar-refractivity contribution in [2.75, 3.05) is 14.2 Å². The molecule has 0 bridgehead atoms. The van der Waals surface area contributed by atoms with E-state index in [4.69, 9.17) is 4.74 Å². The van der Waals surface area contributed by atoms with Crippen LogP contribution in [0.3, 0.4) is 0 Å². The van der Waals surface area contributed by atoms with Crippen LogP contribution in [0.2, 0.25) is 0 Å². The fraction of sp³-hybridized carbons (Fsp3) is 0.222. The number of methoxy groups -OCH3 is 1. The zero-order valence-electron chi connectivity index (χ0n) is 7.41. The fourth-order valence-corrected chi connectivity index (χ4v) is 0.442. The minimum atomic E-state index is 0.524. The lowest BCUT2D eigenvalue weighted by molar-refractivity contribution is -0.115. The summed E-state index contributed by atoms with van der Waals surface area (Å²) >= 11 is 0. The number of ether oxygens (including phenoxy) is 1. The van der Waals surface area contributed by atoms with Crippen LogP contribution in [0.4, 0.5) is 0 Å². The topological polar surface area (TPSA) is 29.5 Å².